The van der Waals surface area contributed by atoms with Gasteiger partial charge in [-0.2, -0.15) is 0 Å². The SMILES string of the molecule is CCCCCCCCCCCCCCCCCCO[C@@H]1O[C@H](CO)[C@H](O[C@H]2O[C@H](CO)[C@H](O)[C@H](O)[C@H]2O)[C@H](O)[C@H]1O. The van der Waals surface area contributed by atoms with E-state index in [1.165, 1.54) is 83.5 Å². The van der Waals surface area contributed by atoms with Crippen LogP contribution in [0.5, 0.6) is 0 Å². The van der Waals surface area contributed by atoms with Gasteiger partial charge in [-0.1, -0.05) is 103 Å². The molecule has 0 radical (unpaired) electrons. The summed E-state index contributed by atoms with van der Waals surface area (Å²) < 4.78 is 22.2. The molecule has 2 fully saturated rings. The van der Waals surface area contributed by atoms with Gasteiger partial charge in [-0.25, -0.2) is 0 Å². The van der Waals surface area contributed by atoms with Crippen molar-refractivity contribution in [2.24, 2.45) is 0 Å². The standard InChI is InChI=1S/C30H58O11/c1-2-3-4-5-6-7-8-9-10-11-12-13-14-15-16-17-18-38-29-27(37)25(35)28(22(20-32)40-29)41-30-26(36)24(34)23(33)21(19-31)39-30/h21-37H,2-20H2,1H3/t21-,22-,23+,24+,25-,26-,27-,28+,29-,30-/m1/s1. The summed E-state index contributed by atoms with van der Waals surface area (Å²) in [6, 6.07) is 0. The Morgan fingerprint density at radius 3 is 1.41 bits per heavy atom. The van der Waals surface area contributed by atoms with Crippen molar-refractivity contribution in [3.8, 4) is 0 Å². The molecule has 0 saturated carbocycles. The summed E-state index contributed by atoms with van der Waals surface area (Å²) in [5.41, 5.74) is 0. The summed E-state index contributed by atoms with van der Waals surface area (Å²) in [4.78, 5) is 0. The fraction of sp³-hybridized carbons (Fsp3) is 1.00. The molecule has 11 nitrogen and oxygen atoms in total. The third kappa shape index (κ3) is 12.6. The lowest BCUT2D eigenvalue weighted by Gasteiger charge is -2.45. The highest BCUT2D eigenvalue weighted by Gasteiger charge is 2.50. The van der Waals surface area contributed by atoms with Crippen LogP contribution in [-0.4, -0.2) is 117 Å². The highest BCUT2D eigenvalue weighted by molar-refractivity contribution is 4.94. The van der Waals surface area contributed by atoms with Gasteiger partial charge in [0.15, 0.2) is 12.6 Å². The molecule has 2 rings (SSSR count). The third-order valence-electron chi connectivity index (χ3n) is 8.24. The lowest BCUT2D eigenvalue weighted by Crippen LogP contribution is -2.64. The molecule has 0 aliphatic carbocycles. The van der Waals surface area contributed by atoms with E-state index in [0.717, 1.165) is 19.3 Å². The summed E-state index contributed by atoms with van der Waals surface area (Å²) >= 11 is 0. The van der Waals surface area contributed by atoms with Crippen LogP contribution in [0.25, 0.3) is 0 Å². The highest BCUT2D eigenvalue weighted by atomic mass is 16.7. The Bertz CT molecular complexity index is 638. The topological polar surface area (TPSA) is 179 Å². The Morgan fingerprint density at radius 2 is 0.927 bits per heavy atom. The van der Waals surface area contributed by atoms with Gasteiger partial charge in [-0.15, -0.1) is 0 Å². The molecule has 0 unspecified atom stereocenters. The van der Waals surface area contributed by atoms with E-state index >= 15 is 0 Å². The molecule has 244 valence electrons. The number of aliphatic hydroxyl groups excluding tert-OH is 7. The van der Waals surface area contributed by atoms with E-state index in [2.05, 4.69) is 6.92 Å². The maximum absolute atomic E-state index is 10.7. The predicted molar refractivity (Wildman–Crippen MR) is 152 cm³/mol. The molecule has 41 heavy (non-hydrogen) atoms. The Balaban J connectivity index is 1.56. The van der Waals surface area contributed by atoms with Crippen LogP contribution >= 0.6 is 0 Å². The first-order valence-electron chi connectivity index (χ1n) is 16.1. The molecule has 0 aromatic rings. The normalized spacial score (nSPS) is 34.2. The van der Waals surface area contributed by atoms with Crippen LogP contribution < -0.4 is 0 Å². The Hall–Kier alpha value is -0.440. The van der Waals surface area contributed by atoms with Crippen molar-refractivity contribution >= 4 is 0 Å². The molecule has 0 aromatic heterocycles. The van der Waals surface area contributed by atoms with E-state index in [1.54, 1.807) is 0 Å². The van der Waals surface area contributed by atoms with Crippen LogP contribution in [0.1, 0.15) is 110 Å². The van der Waals surface area contributed by atoms with Crippen molar-refractivity contribution in [1.29, 1.82) is 0 Å². The Labute approximate surface area is 245 Å². The Morgan fingerprint density at radius 1 is 0.488 bits per heavy atom. The molecule has 0 spiro atoms. The number of hydrogen-bond acceptors (Lipinski definition) is 11. The van der Waals surface area contributed by atoms with Gasteiger partial charge in [0.1, 0.15) is 48.8 Å². The second kappa shape index (κ2) is 21.3. The van der Waals surface area contributed by atoms with Gasteiger partial charge in [-0.05, 0) is 6.42 Å². The minimum atomic E-state index is -1.69. The number of ether oxygens (including phenoxy) is 4. The maximum atomic E-state index is 10.7. The van der Waals surface area contributed by atoms with Crippen LogP contribution in [0, 0.1) is 0 Å². The smallest absolute Gasteiger partial charge is 0.187 e. The van der Waals surface area contributed by atoms with Crippen molar-refractivity contribution in [2.75, 3.05) is 19.8 Å². The zero-order valence-corrected chi connectivity index (χ0v) is 25.0. The molecule has 2 aliphatic heterocycles. The predicted octanol–water partition coefficient (Wildman–Crippen LogP) is 1.89. The van der Waals surface area contributed by atoms with Crippen molar-refractivity contribution in [3.05, 3.63) is 0 Å². The lowest BCUT2D eigenvalue weighted by atomic mass is 9.97. The second-order valence-electron chi connectivity index (χ2n) is 11.7. The monoisotopic (exact) mass is 594 g/mol. The molecular weight excluding hydrogens is 536 g/mol. The molecule has 0 aromatic carbocycles. The molecule has 0 bridgehead atoms. The first-order valence-corrected chi connectivity index (χ1v) is 16.1. The van der Waals surface area contributed by atoms with E-state index in [4.69, 9.17) is 18.9 Å². The van der Waals surface area contributed by atoms with Crippen molar-refractivity contribution in [1.82, 2.24) is 0 Å². The van der Waals surface area contributed by atoms with Crippen molar-refractivity contribution < 1.29 is 54.7 Å². The quantitative estimate of drug-likeness (QED) is 0.0910. The number of rotatable bonds is 22. The number of aliphatic hydroxyl groups is 7. The fourth-order valence-electron chi connectivity index (χ4n) is 5.54. The summed E-state index contributed by atoms with van der Waals surface area (Å²) in [6.45, 7) is 1.35. The van der Waals surface area contributed by atoms with Gasteiger partial charge in [0.25, 0.3) is 0 Å². The van der Waals surface area contributed by atoms with E-state index in [-0.39, 0.29) is 0 Å². The minimum Gasteiger partial charge on any atom is -0.394 e. The van der Waals surface area contributed by atoms with Gasteiger partial charge in [0, 0.05) is 6.61 Å². The fourth-order valence-corrected chi connectivity index (χ4v) is 5.54. The first-order chi connectivity index (χ1) is 19.8. The average Bonchev–Trinajstić information content (AvgIpc) is 2.98. The zero-order valence-electron chi connectivity index (χ0n) is 25.0. The van der Waals surface area contributed by atoms with Crippen LogP contribution in [0.2, 0.25) is 0 Å². The van der Waals surface area contributed by atoms with Gasteiger partial charge >= 0.3 is 0 Å². The van der Waals surface area contributed by atoms with Gasteiger partial charge in [0.2, 0.25) is 0 Å². The third-order valence-corrected chi connectivity index (χ3v) is 8.24. The first kappa shape index (κ1) is 36.8. The summed E-state index contributed by atoms with van der Waals surface area (Å²) in [5, 5.41) is 70.5. The summed E-state index contributed by atoms with van der Waals surface area (Å²) in [6.07, 6.45) is 5.82. The van der Waals surface area contributed by atoms with Gasteiger partial charge < -0.3 is 54.7 Å². The van der Waals surface area contributed by atoms with E-state index in [0.29, 0.717) is 6.61 Å². The molecule has 2 aliphatic rings. The van der Waals surface area contributed by atoms with Crippen LogP contribution in [0.4, 0.5) is 0 Å². The molecule has 7 N–H and O–H groups in total. The highest BCUT2D eigenvalue weighted by Crippen LogP contribution is 2.29. The Kier molecular flexibility index (Phi) is 19.1. The number of unbranched alkanes of at least 4 members (excludes halogenated alkanes) is 15. The van der Waals surface area contributed by atoms with E-state index in [1.807, 2.05) is 0 Å². The summed E-state index contributed by atoms with van der Waals surface area (Å²) in [5.74, 6) is 0. The molecule has 2 heterocycles. The molecule has 2 saturated heterocycles. The van der Waals surface area contributed by atoms with Crippen molar-refractivity contribution in [3.63, 3.8) is 0 Å². The second-order valence-corrected chi connectivity index (χ2v) is 11.7. The lowest BCUT2D eigenvalue weighted by molar-refractivity contribution is -0.359. The molecular formula is C30H58O11. The van der Waals surface area contributed by atoms with E-state index < -0.39 is 74.6 Å². The van der Waals surface area contributed by atoms with Crippen LogP contribution in [0.15, 0.2) is 0 Å². The zero-order chi connectivity index (χ0) is 30.0. The molecule has 10 atom stereocenters. The van der Waals surface area contributed by atoms with Gasteiger partial charge in [0.05, 0.1) is 13.2 Å². The summed E-state index contributed by atoms with van der Waals surface area (Å²) in [7, 11) is 0. The van der Waals surface area contributed by atoms with E-state index in [9.17, 15) is 35.7 Å². The average molecular weight is 595 g/mol. The number of hydrogen-bond donors (Lipinski definition) is 7. The van der Waals surface area contributed by atoms with Gasteiger partial charge in [-0.3, -0.25) is 0 Å². The minimum absolute atomic E-state index is 0.323. The largest absolute Gasteiger partial charge is 0.394 e. The molecule has 11 heteroatoms. The van der Waals surface area contributed by atoms with Crippen LogP contribution in [-0.2, 0) is 18.9 Å². The van der Waals surface area contributed by atoms with Crippen LogP contribution in [0.3, 0.4) is 0 Å². The van der Waals surface area contributed by atoms with Crippen molar-refractivity contribution in [2.45, 2.75) is 171 Å². The maximum Gasteiger partial charge on any atom is 0.187 e. The molecule has 0 amide bonds.